The van der Waals surface area contributed by atoms with Gasteiger partial charge in [0.05, 0.1) is 6.10 Å². The molecule has 19 heavy (non-hydrogen) atoms. The Labute approximate surface area is 120 Å². The Balaban J connectivity index is 3.00. The van der Waals surface area contributed by atoms with E-state index in [1.54, 1.807) is 0 Å². The Bertz CT molecular complexity index is 274. The number of aliphatic hydroxyl groups is 1. The summed E-state index contributed by atoms with van der Waals surface area (Å²) in [5, 5.41) is 10.1. The fraction of sp³-hybridized carbons (Fsp3) is 1.00. The van der Waals surface area contributed by atoms with Crippen LogP contribution < -0.4 is 0 Å². The molecule has 114 valence electrons. The molecule has 1 N–H and O–H groups in total. The number of hydrogen-bond donors (Lipinski definition) is 1. The first-order chi connectivity index (χ1) is 8.57. The van der Waals surface area contributed by atoms with Crippen molar-refractivity contribution in [2.45, 2.75) is 91.8 Å². The Hall–Kier alpha value is -0.0800. The van der Waals surface area contributed by atoms with Crippen LogP contribution in [0.25, 0.3) is 0 Å². The minimum absolute atomic E-state index is 0.106. The first kappa shape index (κ1) is 17.0. The van der Waals surface area contributed by atoms with Crippen LogP contribution in [-0.4, -0.2) is 34.2 Å². The second-order valence-electron chi connectivity index (χ2n) is 8.37. The van der Waals surface area contributed by atoms with Gasteiger partial charge >= 0.3 is 0 Å². The van der Waals surface area contributed by atoms with E-state index in [0.717, 1.165) is 25.8 Å². The molecule has 1 rings (SSSR count). The molecule has 0 amide bonds. The van der Waals surface area contributed by atoms with E-state index in [-0.39, 0.29) is 11.6 Å². The fourth-order valence-corrected chi connectivity index (χ4v) is 3.72. The molecule has 2 heteroatoms. The summed E-state index contributed by atoms with van der Waals surface area (Å²) in [7, 11) is 0. The first-order valence-electron chi connectivity index (χ1n) is 8.02. The summed E-state index contributed by atoms with van der Waals surface area (Å²) in [5.41, 5.74) is 0.503. The van der Waals surface area contributed by atoms with Crippen LogP contribution in [0, 0.1) is 11.3 Å². The van der Waals surface area contributed by atoms with Gasteiger partial charge in [0.1, 0.15) is 0 Å². The summed E-state index contributed by atoms with van der Waals surface area (Å²) < 4.78 is 0. The van der Waals surface area contributed by atoms with Crippen LogP contribution in [0.3, 0.4) is 0 Å². The molecule has 2 nitrogen and oxygen atoms in total. The molecule has 0 saturated heterocycles. The largest absolute Gasteiger partial charge is 0.393 e. The molecule has 0 aromatic carbocycles. The van der Waals surface area contributed by atoms with Gasteiger partial charge in [-0.25, -0.2) is 0 Å². The summed E-state index contributed by atoms with van der Waals surface area (Å²) in [6.07, 6.45) is 4.15. The van der Waals surface area contributed by atoms with Gasteiger partial charge in [-0.1, -0.05) is 27.7 Å². The van der Waals surface area contributed by atoms with Crippen LogP contribution in [0.5, 0.6) is 0 Å². The Morgan fingerprint density at radius 1 is 1.05 bits per heavy atom. The topological polar surface area (TPSA) is 23.5 Å². The van der Waals surface area contributed by atoms with Crippen LogP contribution in [-0.2, 0) is 0 Å². The molecule has 0 aliphatic heterocycles. The molecule has 0 bridgehead atoms. The zero-order chi connectivity index (χ0) is 14.8. The first-order valence-corrected chi connectivity index (χ1v) is 8.02. The van der Waals surface area contributed by atoms with Crippen LogP contribution in [0.2, 0.25) is 0 Å². The van der Waals surface area contributed by atoms with Gasteiger partial charge in [0.2, 0.25) is 0 Å². The van der Waals surface area contributed by atoms with Gasteiger partial charge in [0.25, 0.3) is 0 Å². The summed E-state index contributed by atoms with van der Waals surface area (Å²) in [6.45, 7) is 17.4. The van der Waals surface area contributed by atoms with Crippen molar-refractivity contribution >= 4 is 0 Å². The summed E-state index contributed by atoms with van der Waals surface area (Å²) >= 11 is 0. The fourth-order valence-electron chi connectivity index (χ4n) is 3.72. The van der Waals surface area contributed by atoms with E-state index in [4.69, 9.17) is 0 Å². The van der Waals surface area contributed by atoms with Gasteiger partial charge < -0.3 is 5.11 Å². The van der Waals surface area contributed by atoms with Crippen LogP contribution >= 0.6 is 0 Å². The molecular weight excluding hydrogens is 234 g/mol. The smallest absolute Gasteiger partial charge is 0.0555 e. The van der Waals surface area contributed by atoms with E-state index in [9.17, 15) is 5.11 Å². The number of nitrogens with zero attached hydrogens (tertiary/aromatic N) is 1. The third-order valence-electron chi connectivity index (χ3n) is 4.63. The van der Waals surface area contributed by atoms with Crippen molar-refractivity contribution < 1.29 is 5.11 Å². The van der Waals surface area contributed by atoms with E-state index in [2.05, 4.69) is 53.4 Å². The predicted molar refractivity (Wildman–Crippen MR) is 83.3 cm³/mol. The summed E-state index contributed by atoms with van der Waals surface area (Å²) in [6, 6.07) is 0.517. The lowest BCUT2D eigenvalue weighted by atomic mass is 9.67. The molecule has 0 radical (unpaired) electrons. The maximum Gasteiger partial charge on any atom is 0.0555 e. The van der Waals surface area contributed by atoms with Gasteiger partial charge in [-0.05, 0) is 64.3 Å². The highest BCUT2D eigenvalue weighted by Crippen LogP contribution is 2.42. The van der Waals surface area contributed by atoms with Crippen molar-refractivity contribution in [3.8, 4) is 0 Å². The lowest BCUT2D eigenvalue weighted by Crippen LogP contribution is -2.56. The molecule has 0 aromatic rings. The van der Waals surface area contributed by atoms with E-state index < -0.39 is 0 Å². The highest BCUT2D eigenvalue weighted by molar-refractivity contribution is 4.95. The van der Waals surface area contributed by atoms with Crippen molar-refractivity contribution in [3.05, 3.63) is 0 Å². The maximum absolute atomic E-state index is 10.1. The number of rotatable bonds is 3. The summed E-state index contributed by atoms with van der Waals surface area (Å²) in [4.78, 5) is 2.64. The van der Waals surface area contributed by atoms with Crippen molar-refractivity contribution in [1.29, 1.82) is 0 Å². The minimum Gasteiger partial charge on any atom is -0.393 e. The van der Waals surface area contributed by atoms with Crippen molar-refractivity contribution in [3.63, 3.8) is 0 Å². The third-order valence-corrected chi connectivity index (χ3v) is 4.63. The lowest BCUT2D eigenvalue weighted by molar-refractivity contribution is -0.0454. The molecule has 1 aliphatic rings. The average molecular weight is 269 g/mol. The second kappa shape index (κ2) is 6.13. The van der Waals surface area contributed by atoms with E-state index in [0.29, 0.717) is 17.4 Å². The molecule has 1 aliphatic carbocycles. The normalized spacial score (nSPS) is 29.8. The molecule has 3 unspecified atom stereocenters. The van der Waals surface area contributed by atoms with Crippen LogP contribution in [0.1, 0.15) is 74.1 Å². The molecule has 0 heterocycles. The molecule has 1 fully saturated rings. The lowest BCUT2D eigenvalue weighted by Gasteiger charge is -2.51. The maximum atomic E-state index is 10.1. The predicted octanol–water partition coefficient (Wildman–Crippen LogP) is 4.07. The van der Waals surface area contributed by atoms with E-state index >= 15 is 0 Å². The number of hydrogen-bond acceptors (Lipinski definition) is 2. The van der Waals surface area contributed by atoms with Crippen molar-refractivity contribution in [2.75, 3.05) is 6.54 Å². The Kier molecular flexibility index (Phi) is 5.48. The average Bonchev–Trinajstić information content (AvgIpc) is 2.22. The second-order valence-corrected chi connectivity index (χ2v) is 8.37. The van der Waals surface area contributed by atoms with Gasteiger partial charge in [0, 0.05) is 11.6 Å². The summed E-state index contributed by atoms with van der Waals surface area (Å²) in [5.74, 6) is 0.682. The SMILES string of the molecule is CCCN(C1CC(O)CCC1C(C)(C)C)C(C)(C)C. The quantitative estimate of drug-likeness (QED) is 0.835. The van der Waals surface area contributed by atoms with Crippen molar-refractivity contribution in [1.82, 2.24) is 4.90 Å². The zero-order valence-corrected chi connectivity index (χ0v) is 14.2. The monoisotopic (exact) mass is 269 g/mol. The van der Waals surface area contributed by atoms with Gasteiger partial charge in [-0.3, -0.25) is 4.90 Å². The molecular formula is C17H35NO. The standard InChI is InChI=1S/C17H35NO/c1-8-11-18(17(5,6)7)15-12-13(19)9-10-14(15)16(2,3)4/h13-15,19H,8-12H2,1-7H3. The Morgan fingerprint density at radius 2 is 1.63 bits per heavy atom. The van der Waals surface area contributed by atoms with Crippen molar-refractivity contribution in [2.24, 2.45) is 11.3 Å². The van der Waals surface area contributed by atoms with Gasteiger partial charge in [0.15, 0.2) is 0 Å². The highest BCUT2D eigenvalue weighted by atomic mass is 16.3. The molecule has 1 saturated carbocycles. The molecule has 0 spiro atoms. The third kappa shape index (κ3) is 4.46. The minimum atomic E-state index is -0.106. The Morgan fingerprint density at radius 3 is 2.05 bits per heavy atom. The van der Waals surface area contributed by atoms with Gasteiger partial charge in [-0.15, -0.1) is 0 Å². The van der Waals surface area contributed by atoms with Crippen LogP contribution in [0.15, 0.2) is 0 Å². The van der Waals surface area contributed by atoms with Crippen LogP contribution in [0.4, 0.5) is 0 Å². The molecule has 3 atom stereocenters. The van der Waals surface area contributed by atoms with Gasteiger partial charge in [-0.2, -0.15) is 0 Å². The zero-order valence-electron chi connectivity index (χ0n) is 14.2. The van der Waals surface area contributed by atoms with E-state index in [1.807, 2.05) is 0 Å². The molecule has 0 aromatic heterocycles. The highest BCUT2D eigenvalue weighted by Gasteiger charge is 2.42. The van der Waals surface area contributed by atoms with E-state index in [1.165, 1.54) is 6.42 Å². The number of aliphatic hydroxyl groups excluding tert-OH is 1.